The number of hydrogen-bond donors (Lipinski definition) is 1. The minimum Gasteiger partial charge on any atom is -0.330 e. The van der Waals surface area contributed by atoms with Gasteiger partial charge in [-0.15, -0.1) is 0 Å². The van der Waals surface area contributed by atoms with Crippen LogP contribution in [0.1, 0.15) is 30.8 Å². The van der Waals surface area contributed by atoms with E-state index in [0.29, 0.717) is 11.5 Å². The Bertz CT molecular complexity index is 618. The summed E-state index contributed by atoms with van der Waals surface area (Å²) < 4.78 is 16.1. The van der Waals surface area contributed by atoms with Crippen molar-refractivity contribution in [3.63, 3.8) is 0 Å². The maximum Gasteiger partial charge on any atom is 0.132 e. The Morgan fingerprint density at radius 3 is 2.84 bits per heavy atom. The van der Waals surface area contributed by atoms with Crippen LogP contribution in [-0.4, -0.2) is 15.6 Å². The van der Waals surface area contributed by atoms with Crippen molar-refractivity contribution < 1.29 is 4.39 Å². The zero-order valence-corrected chi connectivity index (χ0v) is 11.2. The molecule has 0 saturated carbocycles. The van der Waals surface area contributed by atoms with E-state index in [1.807, 2.05) is 13.0 Å². The number of halogens is 1. The summed E-state index contributed by atoms with van der Waals surface area (Å²) in [6.45, 7) is 4.89. The highest BCUT2D eigenvalue weighted by Gasteiger charge is 2.27. The van der Waals surface area contributed by atoms with Gasteiger partial charge in [0.05, 0.1) is 5.69 Å². The van der Waals surface area contributed by atoms with Crippen molar-refractivity contribution >= 4 is 0 Å². The highest BCUT2D eigenvalue weighted by atomic mass is 19.1. The molecular formula is C15H18FN3. The third kappa shape index (κ3) is 1.96. The van der Waals surface area contributed by atoms with Crippen LogP contribution in [0.2, 0.25) is 0 Å². The van der Waals surface area contributed by atoms with E-state index in [1.165, 1.54) is 6.07 Å². The number of rotatable bonds is 1. The van der Waals surface area contributed by atoms with Gasteiger partial charge < -0.3 is 10.3 Å². The first-order chi connectivity index (χ1) is 9.08. The van der Waals surface area contributed by atoms with Gasteiger partial charge in [0.15, 0.2) is 0 Å². The minimum absolute atomic E-state index is 0.156. The molecule has 0 saturated heterocycles. The molecule has 100 valence electrons. The Kier molecular flexibility index (Phi) is 2.90. The van der Waals surface area contributed by atoms with Crippen LogP contribution in [0.25, 0.3) is 11.3 Å². The second-order valence-corrected chi connectivity index (χ2v) is 5.39. The molecule has 0 amide bonds. The van der Waals surface area contributed by atoms with Crippen molar-refractivity contribution in [3.05, 3.63) is 41.6 Å². The van der Waals surface area contributed by atoms with E-state index >= 15 is 0 Å². The largest absolute Gasteiger partial charge is 0.330 e. The number of fused-ring (bicyclic) bond motifs is 1. The lowest BCUT2D eigenvalue weighted by Gasteiger charge is -2.26. The number of aromatic nitrogens is 2. The highest BCUT2D eigenvalue weighted by molar-refractivity contribution is 5.63. The molecule has 1 aliphatic rings. The molecule has 3 nitrogen and oxygen atoms in total. The standard InChI is InChI=1S/C15H18FN3/c1-9-7-11(17)8-19-10(2)14(18-15(9)19)12-5-3-4-6-13(12)16/h3-6,9,11H,7-8,17H2,1-2H3. The fourth-order valence-electron chi connectivity index (χ4n) is 2.94. The first kappa shape index (κ1) is 12.4. The molecule has 0 spiro atoms. The van der Waals surface area contributed by atoms with E-state index < -0.39 is 0 Å². The van der Waals surface area contributed by atoms with Gasteiger partial charge in [-0.3, -0.25) is 0 Å². The number of nitrogens with zero attached hydrogens (tertiary/aromatic N) is 2. The van der Waals surface area contributed by atoms with Crippen molar-refractivity contribution in [2.24, 2.45) is 5.73 Å². The lowest BCUT2D eigenvalue weighted by Crippen LogP contribution is -2.34. The Morgan fingerprint density at radius 2 is 2.11 bits per heavy atom. The SMILES string of the molecule is Cc1c(-c2ccccc2F)nc2n1CC(N)CC2C. The van der Waals surface area contributed by atoms with E-state index in [1.54, 1.807) is 12.1 Å². The first-order valence-electron chi connectivity index (χ1n) is 6.65. The van der Waals surface area contributed by atoms with Gasteiger partial charge in [-0.2, -0.15) is 0 Å². The van der Waals surface area contributed by atoms with Gasteiger partial charge in [0.2, 0.25) is 0 Å². The number of benzene rings is 1. The minimum atomic E-state index is -0.224. The van der Waals surface area contributed by atoms with Gasteiger partial charge in [-0.05, 0) is 25.5 Å². The Morgan fingerprint density at radius 1 is 1.37 bits per heavy atom. The van der Waals surface area contributed by atoms with E-state index in [2.05, 4.69) is 16.5 Å². The molecule has 1 aromatic carbocycles. The summed E-state index contributed by atoms with van der Waals surface area (Å²) in [4.78, 5) is 4.66. The molecule has 1 aliphatic heterocycles. The summed E-state index contributed by atoms with van der Waals surface area (Å²) in [7, 11) is 0. The van der Waals surface area contributed by atoms with Crippen molar-refractivity contribution in [1.82, 2.24) is 9.55 Å². The zero-order valence-electron chi connectivity index (χ0n) is 11.2. The average molecular weight is 259 g/mol. The van der Waals surface area contributed by atoms with E-state index in [4.69, 9.17) is 5.73 Å². The van der Waals surface area contributed by atoms with Crippen LogP contribution in [0.5, 0.6) is 0 Å². The second-order valence-electron chi connectivity index (χ2n) is 5.39. The summed E-state index contributed by atoms with van der Waals surface area (Å²) in [5, 5.41) is 0. The first-order valence-corrected chi connectivity index (χ1v) is 6.65. The summed E-state index contributed by atoms with van der Waals surface area (Å²) in [5.74, 6) is 1.12. The maximum atomic E-state index is 13.9. The van der Waals surface area contributed by atoms with Gasteiger partial charge in [0, 0.05) is 29.8 Å². The van der Waals surface area contributed by atoms with Gasteiger partial charge in [-0.25, -0.2) is 9.37 Å². The number of hydrogen-bond acceptors (Lipinski definition) is 2. The van der Waals surface area contributed by atoms with Crippen molar-refractivity contribution in [1.29, 1.82) is 0 Å². The molecule has 4 heteroatoms. The predicted octanol–water partition coefficient (Wildman–Crippen LogP) is 2.83. The molecule has 3 rings (SSSR count). The lowest BCUT2D eigenvalue weighted by atomic mass is 9.98. The van der Waals surface area contributed by atoms with Crippen LogP contribution in [-0.2, 0) is 6.54 Å². The topological polar surface area (TPSA) is 43.8 Å². The highest BCUT2D eigenvalue weighted by Crippen LogP contribution is 2.33. The molecule has 19 heavy (non-hydrogen) atoms. The third-order valence-corrected chi connectivity index (χ3v) is 3.89. The van der Waals surface area contributed by atoms with Gasteiger partial charge >= 0.3 is 0 Å². The summed E-state index contributed by atoms with van der Waals surface area (Å²) in [6, 6.07) is 6.95. The van der Waals surface area contributed by atoms with E-state index in [9.17, 15) is 4.39 Å². The summed E-state index contributed by atoms with van der Waals surface area (Å²) in [5.41, 5.74) is 8.38. The van der Waals surface area contributed by atoms with Crippen molar-refractivity contribution in [3.8, 4) is 11.3 Å². The summed E-state index contributed by atoms with van der Waals surface area (Å²) in [6.07, 6.45) is 0.938. The number of nitrogens with two attached hydrogens (primary N) is 1. The smallest absolute Gasteiger partial charge is 0.132 e. The van der Waals surface area contributed by atoms with Crippen LogP contribution in [0.3, 0.4) is 0 Å². The zero-order chi connectivity index (χ0) is 13.6. The Hall–Kier alpha value is -1.68. The van der Waals surface area contributed by atoms with E-state index in [-0.39, 0.29) is 11.9 Å². The molecule has 2 heterocycles. The number of imidazole rings is 1. The Labute approximate surface area is 112 Å². The van der Waals surface area contributed by atoms with Crippen molar-refractivity contribution in [2.45, 2.75) is 38.8 Å². The Balaban J connectivity index is 2.15. The molecule has 2 atom stereocenters. The van der Waals surface area contributed by atoms with Gasteiger partial charge in [-0.1, -0.05) is 19.1 Å². The van der Waals surface area contributed by atoms with Crippen molar-refractivity contribution in [2.75, 3.05) is 0 Å². The normalized spacial score (nSPS) is 22.3. The fraction of sp³-hybridized carbons (Fsp3) is 0.400. The average Bonchev–Trinajstić information content (AvgIpc) is 2.68. The van der Waals surface area contributed by atoms with Gasteiger partial charge in [0.1, 0.15) is 11.6 Å². The predicted molar refractivity (Wildman–Crippen MR) is 73.4 cm³/mol. The molecule has 2 aromatic rings. The molecule has 1 aromatic heterocycles. The molecule has 0 bridgehead atoms. The molecular weight excluding hydrogens is 241 g/mol. The van der Waals surface area contributed by atoms with E-state index in [0.717, 1.165) is 30.2 Å². The molecule has 0 fully saturated rings. The molecule has 0 aliphatic carbocycles. The quantitative estimate of drug-likeness (QED) is 0.855. The molecule has 0 radical (unpaired) electrons. The fourth-order valence-corrected chi connectivity index (χ4v) is 2.94. The lowest BCUT2D eigenvalue weighted by molar-refractivity contribution is 0.403. The summed E-state index contributed by atoms with van der Waals surface area (Å²) >= 11 is 0. The molecule has 2 N–H and O–H groups in total. The maximum absolute atomic E-state index is 13.9. The second kappa shape index (κ2) is 4.46. The molecule has 2 unspecified atom stereocenters. The van der Waals surface area contributed by atoms with Gasteiger partial charge in [0.25, 0.3) is 0 Å². The van der Waals surface area contributed by atoms with Crippen LogP contribution >= 0.6 is 0 Å². The van der Waals surface area contributed by atoms with Crippen LogP contribution in [0, 0.1) is 12.7 Å². The van der Waals surface area contributed by atoms with Crippen LogP contribution < -0.4 is 5.73 Å². The monoisotopic (exact) mass is 259 g/mol. The third-order valence-electron chi connectivity index (χ3n) is 3.89. The van der Waals surface area contributed by atoms with Crippen LogP contribution in [0.4, 0.5) is 4.39 Å². The van der Waals surface area contributed by atoms with Crippen LogP contribution in [0.15, 0.2) is 24.3 Å².